The number of benzene rings is 1. The molecule has 0 bridgehead atoms. The van der Waals surface area contributed by atoms with E-state index in [0.717, 1.165) is 18.2 Å². The van der Waals surface area contributed by atoms with E-state index in [1.807, 2.05) is 19.1 Å². The molecule has 0 spiro atoms. The van der Waals surface area contributed by atoms with Gasteiger partial charge in [0.25, 0.3) is 5.56 Å². The minimum absolute atomic E-state index is 0.168. The Balaban J connectivity index is 1.49. The maximum Gasteiger partial charge on any atom is 0.275 e. The first-order chi connectivity index (χ1) is 12.5. The lowest BCUT2D eigenvalue weighted by molar-refractivity contribution is -0.122. The van der Waals surface area contributed by atoms with Crippen molar-refractivity contribution in [3.8, 4) is 0 Å². The van der Waals surface area contributed by atoms with Crippen LogP contribution in [-0.4, -0.2) is 25.8 Å². The molecule has 1 atom stereocenters. The largest absolute Gasteiger partial charge is 0.343 e. The van der Waals surface area contributed by atoms with Crippen LogP contribution in [0.25, 0.3) is 10.8 Å². The normalized spacial score (nSPS) is 15.2. The number of aryl methyl sites for hydroxylation is 1. The smallest absolute Gasteiger partial charge is 0.275 e. The molecule has 1 unspecified atom stereocenters. The van der Waals surface area contributed by atoms with Crippen LogP contribution in [0.5, 0.6) is 0 Å². The molecule has 8 heteroatoms. The maximum atomic E-state index is 12.5. The van der Waals surface area contributed by atoms with Crippen LogP contribution in [0.3, 0.4) is 0 Å². The molecule has 0 aliphatic heterocycles. The van der Waals surface area contributed by atoms with Gasteiger partial charge in [-0.1, -0.05) is 23.4 Å². The molecule has 2 aromatic heterocycles. The van der Waals surface area contributed by atoms with Gasteiger partial charge in [0.1, 0.15) is 12.6 Å². The van der Waals surface area contributed by atoms with E-state index < -0.39 is 6.04 Å². The van der Waals surface area contributed by atoms with E-state index in [1.54, 1.807) is 19.1 Å². The first-order valence-corrected chi connectivity index (χ1v) is 8.62. The van der Waals surface area contributed by atoms with Crippen LogP contribution in [0.4, 0.5) is 0 Å². The molecule has 134 valence electrons. The molecule has 1 aliphatic rings. The van der Waals surface area contributed by atoms with Crippen molar-refractivity contribution in [2.75, 3.05) is 0 Å². The molecule has 1 fully saturated rings. The minimum Gasteiger partial charge on any atom is -0.343 e. The van der Waals surface area contributed by atoms with Gasteiger partial charge >= 0.3 is 0 Å². The van der Waals surface area contributed by atoms with Crippen LogP contribution >= 0.6 is 0 Å². The Hall–Kier alpha value is -3.03. The van der Waals surface area contributed by atoms with Crippen LogP contribution in [-0.2, 0) is 11.3 Å². The Bertz CT molecular complexity index is 1030. The third kappa shape index (κ3) is 3.10. The van der Waals surface area contributed by atoms with Crippen molar-refractivity contribution in [3.05, 3.63) is 52.0 Å². The van der Waals surface area contributed by atoms with Gasteiger partial charge in [-0.25, -0.2) is 4.68 Å². The third-order valence-electron chi connectivity index (χ3n) is 4.49. The van der Waals surface area contributed by atoms with Crippen LogP contribution in [0.2, 0.25) is 0 Å². The first-order valence-electron chi connectivity index (χ1n) is 8.62. The predicted molar refractivity (Wildman–Crippen MR) is 93.6 cm³/mol. The molecule has 1 saturated carbocycles. The number of fused-ring (bicyclic) bond motifs is 1. The molecular weight excluding hydrogens is 334 g/mol. The lowest BCUT2D eigenvalue weighted by Crippen LogP contribution is -2.35. The third-order valence-corrected chi connectivity index (χ3v) is 4.49. The van der Waals surface area contributed by atoms with Crippen LogP contribution in [0.15, 0.2) is 33.6 Å². The molecule has 1 aromatic carbocycles. The Morgan fingerprint density at radius 3 is 2.81 bits per heavy atom. The zero-order valence-electron chi connectivity index (χ0n) is 14.6. The number of rotatable bonds is 5. The second kappa shape index (κ2) is 6.36. The van der Waals surface area contributed by atoms with E-state index in [-0.39, 0.29) is 18.0 Å². The maximum absolute atomic E-state index is 12.5. The molecule has 1 N–H and O–H groups in total. The van der Waals surface area contributed by atoms with Crippen molar-refractivity contribution in [3.63, 3.8) is 0 Å². The van der Waals surface area contributed by atoms with Crippen LogP contribution in [0, 0.1) is 6.92 Å². The van der Waals surface area contributed by atoms with Crippen LogP contribution in [0.1, 0.15) is 49.1 Å². The predicted octanol–water partition coefficient (Wildman–Crippen LogP) is 1.84. The van der Waals surface area contributed by atoms with E-state index in [2.05, 4.69) is 20.6 Å². The fraction of sp³-hybridized carbons (Fsp3) is 0.389. The van der Waals surface area contributed by atoms with Gasteiger partial charge in [-0.2, -0.15) is 10.1 Å². The number of amides is 1. The monoisotopic (exact) mass is 353 g/mol. The molecule has 26 heavy (non-hydrogen) atoms. The summed E-state index contributed by atoms with van der Waals surface area (Å²) in [6.07, 6.45) is 2.16. The van der Waals surface area contributed by atoms with Gasteiger partial charge in [0, 0.05) is 11.3 Å². The summed E-state index contributed by atoms with van der Waals surface area (Å²) in [7, 11) is 0. The zero-order valence-corrected chi connectivity index (χ0v) is 14.6. The molecule has 1 aliphatic carbocycles. The van der Waals surface area contributed by atoms with Gasteiger partial charge in [0.2, 0.25) is 11.8 Å². The highest BCUT2D eigenvalue weighted by atomic mass is 16.5. The summed E-state index contributed by atoms with van der Waals surface area (Å²) in [5, 5.41) is 12.3. The summed E-state index contributed by atoms with van der Waals surface area (Å²) in [4.78, 5) is 29.2. The Kier molecular flexibility index (Phi) is 4.02. The Labute approximate surface area is 149 Å². The second-order valence-electron chi connectivity index (χ2n) is 6.65. The van der Waals surface area contributed by atoms with E-state index in [4.69, 9.17) is 4.52 Å². The SMILES string of the molecule is Cc1nn(CC(=O)NC(C)c2nc(C3CC3)no2)c(=O)c2ccccc12. The summed E-state index contributed by atoms with van der Waals surface area (Å²) >= 11 is 0. The molecule has 3 aromatic rings. The molecule has 1 amide bonds. The van der Waals surface area contributed by atoms with Crippen molar-refractivity contribution >= 4 is 16.7 Å². The highest BCUT2D eigenvalue weighted by Gasteiger charge is 2.29. The van der Waals surface area contributed by atoms with Gasteiger partial charge in [0.15, 0.2) is 5.82 Å². The molecule has 0 radical (unpaired) electrons. The van der Waals surface area contributed by atoms with E-state index in [0.29, 0.717) is 28.7 Å². The van der Waals surface area contributed by atoms with Gasteiger partial charge < -0.3 is 9.84 Å². The lowest BCUT2D eigenvalue weighted by atomic mass is 10.1. The molecule has 4 rings (SSSR count). The zero-order chi connectivity index (χ0) is 18.3. The van der Waals surface area contributed by atoms with Gasteiger partial charge in [0.05, 0.1) is 11.1 Å². The van der Waals surface area contributed by atoms with Crippen LogP contribution < -0.4 is 10.9 Å². The Morgan fingerprint density at radius 2 is 2.08 bits per heavy atom. The number of nitrogens with one attached hydrogen (secondary N) is 1. The fourth-order valence-electron chi connectivity index (χ4n) is 2.93. The second-order valence-corrected chi connectivity index (χ2v) is 6.65. The average molecular weight is 353 g/mol. The standard InChI is InChI=1S/C18H19N5O3/c1-10-13-5-3-4-6-14(13)18(25)23(21-10)9-15(24)19-11(2)17-20-16(22-26-17)12-7-8-12/h3-6,11-12H,7-9H2,1-2H3,(H,19,24). The van der Waals surface area contributed by atoms with Gasteiger partial charge in [-0.3, -0.25) is 9.59 Å². The fourth-order valence-corrected chi connectivity index (χ4v) is 2.93. The Morgan fingerprint density at radius 1 is 1.35 bits per heavy atom. The van der Waals surface area contributed by atoms with E-state index in [1.165, 1.54) is 4.68 Å². The van der Waals surface area contributed by atoms with E-state index in [9.17, 15) is 9.59 Å². The van der Waals surface area contributed by atoms with Crippen molar-refractivity contribution in [2.45, 2.75) is 45.2 Å². The van der Waals surface area contributed by atoms with Crippen molar-refractivity contribution in [1.82, 2.24) is 25.2 Å². The summed E-state index contributed by atoms with van der Waals surface area (Å²) < 4.78 is 6.40. The summed E-state index contributed by atoms with van der Waals surface area (Å²) in [5.41, 5.74) is 0.412. The average Bonchev–Trinajstić information content (AvgIpc) is 3.36. The van der Waals surface area contributed by atoms with E-state index >= 15 is 0 Å². The lowest BCUT2D eigenvalue weighted by Gasteiger charge is -2.11. The summed E-state index contributed by atoms with van der Waals surface area (Å²) in [6.45, 7) is 3.42. The number of hydrogen-bond acceptors (Lipinski definition) is 6. The minimum atomic E-state index is -0.431. The number of carbonyl (C=O) groups is 1. The molecule has 2 heterocycles. The molecule has 0 saturated heterocycles. The number of aromatic nitrogens is 4. The number of hydrogen-bond donors (Lipinski definition) is 1. The van der Waals surface area contributed by atoms with Crippen molar-refractivity contribution in [2.24, 2.45) is 0 Å². The highest BCUT2D eigenvalue weighted by Crippen LogP contribution is 2.38. The summed E-state index contributed by atoms with van der Waals surface area (Å²) in [6, 6.07) is 6.80. The molecular formula is C18H19N5O3. The quantitative estimate of drug-likeness (QED) is 0.751. The van der Waals surface area contributed by atoms with Gasteiger partial charge in [-0.15, -0.1) is 0 Å². The summed E-state index contributed by atoms with van der Waals surface area (Å²) in [5.74, 6) is 1.12. The van der Waals surface area contributed by atoms with Crippen molar-refractivity contribution < 1.29 is 9.32 Å². The van der Waals surface area contributed by atoms with Crippen molar-refractivity contribution in [1.29, 1.82) is 0 Å². The molecule has 8 nitrogen and oxygen atoms in total. The highest BCUT2D eigenvalue weighted by molar-refractivity contribution is 5.83. The topological polar surface area (TPSA) is 103 Å². The number of carbonyl (C=O) groups excluding carboxylic acids is 1. The van der Waals surface area contributed by atoms with Gasteiger partial charge in [-0.05, 0) is 32.8 Å². The first kappa shape index (κ1) is 16.4. The number of nitrogens with zero attached hydrogens (tertiary/aromatic N) is 4.